The van der Waals surface area contributed by atoms with E-state index in [2.05, 4.69) is 10.3 Å². The van der Waals surface area contributed by atoms with Crippen molar-refractivity contribution in [3.63, 3.8) is 0 Å². The third-order valence-corrected chi connectivity index (χ3v) is 4.93. The Balaban J connectivity index is 1.89. The fourth-order valence-corrected chi connectivity index (χ4v) is 3.85. The number of esters is 1. The molecule has 134 valence electrons. The van der Waals surface area contributed by atoms with Crippen LogP contribution in [-0.2, 0) is 9.53 Å². The zero-order valence-electron chi connectivity index (χ0n) is 14.5. The van der Waals surface area contributed by atoms with E-state index in [0.29, 0.717) is 17.8 Å². The molecule has 0 unspecified atom stereocenters. The first-order chi connectivity index (χ1) is 12.6. The molecule has 3 N–H and O–H groups in total. The van der Waals surface area contributed by atoms with Crippen molar-refractivity contribution in [2.45, 2.75) is 32.1 Å². The number of H-pyrrole nitrogens is 1. The van der Waals surface area contributed by atoms with Gasteiger partial charge in [-0.3, -0.25) is 4.79 Å². The number of aromatic nitrogens is 1. The molecule has 1 aromatic carbocycles. The summed E-state index contributed by atoms with van der Waals surface area (Å²) in [6.07, 6.45) is 3.80. The van der Waals surface area contributed by atoms with Crippen LogP contribution in [0.3, 0.4) is 0 Å². The number of rotatable bonds is 3. The number of benzene rings is 1. The summed E-state index contributed by atoms with van der Waals surface area (Å²) in [7, 11) is 0. The minimum Gasteiger partial charge on any atom is -0.508 e. The van der Waals surface area contributed by atoms with E-state index in [9.17, 15) is 14.7 Å². The molecule has 0 fully saturated rings. The van der Waals surface area contributed by atoms with E-state index in [1.54, 1.807) is 31.3 Å². The fraction of sp³-hybridized carbons (Fsp3) is 0.300. The third kappa shape index (κ3) is 2.58. The van der Waals surface area contributed by atoms with Crippen LogP contribution < -0.4 is 5.32 Å². The topological polar surface area (TPSA) is 91.4 Å². The Morgan fingerprint density at radius 1 is 1.35 bits per heavy atom. The van der Waals surface area contributed by atoms with Crippen molar-refractivity contribution in [1.82, 2.24) is 4.98 Å². The van der Waals surface area contributed by atoms with Crippen molar-refractivity contribution in [1.29, 1.82) is 0 Å². The molecule has 6 heteroatoms. The monoisotopic (exact) mass is 352 g/mol. The molecule has 1 aliphatic carbocycles. The lowest BCUT2D eigenvalue weighted by molar-refractivity contribution is -0.116. The number of carbonyl (C=O) groups excluding carboxylic acids is 2. The second-order valence-corrected chi connectivity index (χ2v) is 6.54. The summed E-state index contributed by atoms with van der Waals surface area (Å²) < 4.78 is 5.14. The van der Waals surface area contributed by atoms with Gasteiger partial charge < -0.3 is 20.1 Å². The van der Waals surface area contributed by atoms with Gasteiger partial charge in [-0.25, -0.2) is 4.79 Å². The lowest BCUT2D eigenvalue weighted by Crippen LogP contribution is -2.27. The molecule has 0 spiro atoms. The number of hydrogen-bond donors (Lipinski definition) is 3. The van der Waals surface area contributed by atoms with E-state index in [1.165, 1.54) is 0 Å². The van der Waals surface area contributed by atoms with Crippen molar-refractivity contribution in [3.8, 4) is 5.75 Å². The van der Waals surface area contributed by atoms with Gasteiger partial charge in [0, 0.05) is 35.4 Å². The molecule has 1 aliphatic heterocycles. The van der Waals surface area contributed by atoms with Crippen LogP contribution in [0.5, 0.6) is 5.75 Å². The minimum absolute atomic E-state index is 0.108. The highest BCUT2D eigenvalue weighted by Gasteiger charge is 2.37. The van der Waals surface area contributed by atoms with E-state index in [0.717, 1.165) is 35.2 Å². The predicted molar refractivity (Wildman–Crippen MR) is 96.2 cm³/mol. The second-order valence-electron chi connectivity index (χ2n) is 6.54. The molecule has 2 heterocycles. The molecule has 4 rings (SSSR count). The lowest BCUT2D eigenvalue weighted by atomic mass is 9.76. The number of allylic oxidation sites excluding steroid dienone is 2. The molecular weight excluding hydrogens is 332 g/mol. The van der Waals surface area contributed by atoms with Crippen LogP contribution in [0, 0.1) is 0 Å². The van der Waals surface area contributed by atoms with E-state index in [-0.39, 0.29) is 24.1 Å². The first-order valence-corrected chi connectivity index (χ1v) is 8.80. The number of carbonyl (C=O) groups is 2. The largest absolute Gasteiger partial charge is 0.508 e. The number of anilines is 1. The summed E-state index contributed by atoms with van der Waals surface area (Å²) in [4.78, 5) is 28.0. The summed E-state index contributed by atoms with van der Waals surface area (Å²) in [6, 6.07) is 6.93. The van der Waals surface area contributed by atoms with Gasteiger partial charge in [-0.1, -0.05) is 12.1 Å². The van der Waals surface area contributed by atoms with Crippen LogP contribution in [0.2, 0.25) is 0 Å². The van der Waals surface area contributed by atoms with Crippen molar-refractivity contribution < 1.29 is 19.4 Å². The van der Waals surface area contributed by atoms with Gasteiger partial charge in [-0.2, -0.15) is 0 Å². The number of ketones is 1. The molecule has 1 atom stereocenters. The van der Waals surface area contributed by atoms with Crippen LogP contribution in [-0.4, -0.2) is 28.4 Å². The Morgan fingerprint density at radius 2 is 2.19 bits per heavy atom. The fourth-order valence-electron chi connectivity index (χ4n) is 3.85. The molecule has 0 bridgehead atoms. The van der Waals surface area contributed by atoms with E-state index in [1.807, 2.05) is 6.07 Å². The van der Waals surface area contributed by atoms with E-state index >= 15 is 0 Å². The molecule has 0 saturated heterocycles. The Labute approximate surface area is 150 Å². The first-order valence-electron chi connectivity index (χ1n) is 8.80. The summed E-state index contributed by atoms with van der Waals surface area (Å²) in [6.45, 7) is 2.05. The van der Waals surface area contributed by atoms with E-state index < -0.39 is 5.97 Å². The Morgan fingerprint density at radius 3 is 2.96 bits per heavy atom. The number of phenolic OH excluding ortho intramolecular Hbond substituents is 1. The van der Waals surface area contributed by atoms with Crippen LogP contribution in [0.1, 0.15) is 53.7 Å². The average molecular weight is 352 g/mol. The number of phenols is 1. The lowest BCUT2D eigenvalue weighted by Gasteiger charge is -2.32. The number of hydrogen-bond acceptors (Lipinski definition) is 5. The number of fused-ring (bicyclic) bond motifs is 1. The zero-order chi connectivity index (χ0) is 18.3. The number of Topliss-reactive ketones (excluding diaryl/α,β-unsaturated/α-hetero) is 1. The Hall–Kier alpha value is -3.02. The van der Waals surface area contributed by atoms with Gasteiger partial charge in [0.2, 0.25) is 0 Å². The molecular formula is C20H20N2O4. The third-order valence-electron chi connectivity index (χ3n) is 4.93. The number of aromatic hydroxyl groups is 1. The standard InChI is InChI=1S/C20H20N2O4/c1-2-26-20(25)19-18-13(10-21-19)16(11-5-3-6-12(23)9-11)17-14(22-18)7-4-8-15(17)24/h3,5-6,9-10,16,21-23H,2,4,7-8H2,1H3/t16-/m0/s1. The molecule has 0 saturated carbocycles. The Kier molecular flexibility index (Phi) is 4.03. The average Bonchev–Trinajstić information content (AvgIpc) is 3.04. The maximum atomic E-state index is 12.7. The van der Waals surface area contributed by atoms with Crippen molar-refractivity contribution in [2.24, 2.45) is 0 Å². The molecule has 2 aliphatic rings. The van der Waals surface area contributed by atoms with Crippen molar-refractivity contribution in [2.75, 3.05) is 11.9 Å². The molecule has 1 aromatic heterocycles. The van der Waals surface area contributed by atoms with Crippen LogP contribution in [0.4, 0.5) is 5.69 Å². The maximum absolute atomic E-state index is 12.7. The maximum Gasteiger partial charge on any atom is 0.356 e. The minimum atomic E-state index is -0.429. The number of nitrogens with one attached hydrogen (secondary N) is 2. The van der Waals surface area contributed by atoms with Gasteiger partial charge in [0.05, 0.1) is 12.3 Å². The highest BCUT2D eigenvalue weighted by atomic mass is 16.5. The number of aromatic amines is 1. The SMILES string of the molecule is CCOC(=O)c1[nH]cc2c1NC1=C(C(=O)CCC1)[C@H]2c1cccc(O)c1. The summed E-state index contributed by atoms with van der Waals surface area (Å²) in [5.74, 6) is -0.492. The predicted octanol–water partition coefficient (Wildman–Crippen LogP) is 3.46. The Bertz CT molecular complexity index is 926. The second kappa shape index (κ2) is 6.37. The quantitative estimate of drug-likeness (QED) is 0.736. The molecule has 0 radical (unpaired) electrons. The molecule has 0 amide bonds. The highest BCUT2D eigenvalue weighted by Crippen LogP contribution is 2.46. The first kappa shape index (κ1) is 16.4. The van der Waals surface area contributed by atoms with Crippen molar-refractivity contribution in [3.05, 3.63) is 58.6 Å². The number of ether oxygens (including phenoxy) is 1. The molecule has 2 aromatic rings. The summed E-state index contributed by atoms with van der Waals surface area (Å²) >= 11 is 0. The van der Waals surface area contributed by atoms with Gasteiger partial charge in [0.1, 0.15) is 11.4 Å². The van der Waals surface area contributed by atoms with E-state index in [4.69, 9.17) is 4.74 Å². The van der Waals surface area contributed by atoms with Crippen molar-refractivity contribution >= 4 is 17.4 Å². The van der Waals surface area contributed by atoms with Gasteiger partial charge in [0.25, 0.3) is 0 Å². The normalized spacial score (nSPS) is 18.8. The van der Waals surface area contributed by atoms with Gasteiger partial charge >= 0.3 is 5.97 Å². The van der Waals surface area contributed by atoms with Crippen LogP contribution in [0.25, 0.3) is 0 Å². The van der Waals surface area contributed by atoms with Gasteiger partial charge in [-0.05, 0) is 37.5 Å². The van der Waals surface area contributed by atoms with Gasteiger partial charge in [-0.15, -0.1) is 0 Å². The zero-order valence-corrected chi connectivity index (χ0v) is 14.5. The van der Waals surface area contributed by atoms with Crippen LogP contribution in [0.15, 0.2) is 41.7 Å². The van der Waals surface area contributed by atoms with Crippen LogP contribution >= 0.6 is 0 Å². The highest BCUT2D eigenvalue weighted by molar-refractivity contribution is 6.03. The molecule has 26 heavy (non-hydrogen) atoms. The smallest absolute Gasteiger partial charge is 0.356 e. The molecule has 6 nitrogen and oxygen atoms in total. The summed E-state index contributed by atoms with van der Waals surface area (Å²) in [5.41, 5.74) is 4.23. The summed E-state index contributed by atoms with van der Waals surface area (Å²) in [5, 5.41) is 13.2. The van der Waals surface area contributed by atoms with Gasteiger partial charge in [0.15, 0.2) is 5.78 Å².